The molecule has 1 amide bonds. The number of carbonyl (C=O) groups is 2. The quantitative estimate of drug-likeness (QED) is 0.790. The predicted molar refractivity (Wildman–Crippen MR) is 108 cm³/mol. The third-order valence-corrected chi connectivity index (χ3v) is 4.71. The summed E-state index contributed by atoms with van der Waals surface area (Å²) in [6, 6.07) is 9.30. The monoisotopic (exact) mass is 384 g/mol. The van der Waals surface area contributed by atoms with Crippen molar-refractivity contribution in [3.63, 3.8) is 0 Å². The van der Waals surface area contributed by atoms with Crippen molar-refractivity contribution < 1.29 is 19.4 Å². The summed E-state index contributed by atoms with van der Waals surface area (Å²) in [5, 5.41) is 12.3. The summed E-state index contributed by atoms with van der Waals surface area (Å²) in [4.78, 5) is 31.8. The maximum Gasteiger partial charge on any atom is 0.339 e. The van der Waals surface area contributed by atoms with Crippen molar-refractivity contribution >= 4 is 29.1 Å². The Morgan fingerprint density at radius 2 is 1.86 bits per heavy atom. The van der Waals surface area contributed by atoms with Gasteiger partial charge in [0.15, 0.2) is 0 Å². The largest absolute Gasteiger partial charge is 0.495 e. The van der Waals surface area contributed by atoms with Crippen LogP contribution in [-0.2, 0) is 4.79 Å². The van der Waals surface area contributed by atoms with E-state index in [0.29, 0.717) is 31.0 Å². The van der Waals surface area contributed by atoms with Crippen LogP contribution in [0.15, 0.2) is 36.5 Å². The second kappa shape index (κ2) is 8.60. The number of rotatable bonds is 6. The number of pyridine rings is 1. The Labute approximate surface area is 163 Å². The van der Waals surface area contributed by atoms with E-state index in [1.165, 1.54) is 12.3 Å². The Kier molecular flexibility index (Phi) is 5.98. The first kappa shape index (κ1) is 19.5. The Hall–Kier alpha value is -3.29. The van der Waals surface area contributed by atoms with Crippen LogP contribution in [0.3, 0.4) is 0 Å². The van der Waals surface area contributed by atoms with E-state index in [1.54, 1.807) is 14.0 Å². The van der Waals surface area contributed by atoms with Gasteiger partial charge >= 0.3 is 5.97 Å². The molecule has 1 aliphatic rings. The number of carboxylic acid groups (broad SMARTS) is 1. The maximum atomic E-state index is 11.7. The van der Waals surface area contributed by atoms with E-state index in [9.17, 15) is 14.7 Å². The van der Waals surface area contributed by atoms with Crippen LogP contribution in [0.5, 0.6) is 5.75 Å². The zero-order chi connectivity index (χ0) is 20.1. The Morgan fingerprint density at radius 3 is 2.50 bits per heavy atom. The summed E-state index contributed by atoms with van der Waals surface area (Å²) in [5.74, 6) is -0.0171. The lowest BCUT2D eigenvalue weighted by atomic mass is 10.2. The number of ether oxygens (including phenoxy) is 1. The van der Waals surface area contributed by atoms with E-state index in [-0.39, 0.29) is 11.5 Å². The number of hydrogen-bond donors (Lipinski definition) is 2. The second-order valence-corrected chi connectivity index (χ2v) is 6.45. The number of aromatic nitrogens is 1. The molecule has 0 unspecified atom stereocenters. The number of benzene rings is 1. The van der Waals surface area contributed by atoms with Crippen LogP contribution in [0.25, 0.3) is 0 Å². The summed E-state index contributed by atoms with van der Waals surface area (Å²) in [7, 11) is 1.65. The molecule has 28 heavy (non-hydrogen) atoms. The molecule has 0 radical (unpaired) electrons. The van der Waals surface area contributed by atoms with Gasteiger partial charge in [0.25, 0.3) is 0 Å². The lowest BCUT2D eigenvalue weighted by Gasteiger charge is -2.37. The van der Waals surface area contributed by atoms with Gasteiger partial charge in [-0.1, -0.05) is 19.1 Å². The van der Waals surface area contributed by atoms with Crippen molar-refractivity contribution in [1.29, 1.82) is 0 Å². The Morgan fingerprint density at radius 1 is 1.18 bits per heavy atom. The summed E-state index contributed by atoms with van der Waals surface area (Å²) in [5.41, 5.74) is 1.49. The van der Waals surface area contributed by atoms with Gasteiger partial charge in [-0.3, -0.25) is 4.79 Å². The number of nitrogens with one attached hydrogen (secondary N) is 1. The lowest BCUT2D eigenvalue weighted by Crippen LogP contribution is -2.47. The molecule has 0 spiro atoms. The topological polar surface area (TPSA) is 95.0 Å². The van der Waals surface area contributed by atoms with Crippen LogP contribution in [0.4, 0.5) is 17.2 Å². The minimum Gasteiger partial charge on any atom is -0.495 e. The third kappa shape index (κ3) is 4.16. The van der Waals surface area contributed by atoms with Crippen LogP contribution in [-0.4, -0.2) is 55.3 Å². The molecule has 1 aromatic carbocycles. The van der Waals surface area contributed by atoms with Gasteiger partial charge in [-0.25, -0.2) is 9.78 Å². The highest BCUT2D eigenvalue weighted by Crippen LogP contribution is 2.30. The molecule has 0 aliphatic carbocycles. The smallest absolute Gasteiger partial charge is 0.339 e. The van der Waals surface area contributed by atoms with Crippen LogP contribution in [0.2, 0.25) is 0 Å². The molecule has 3 rings (SSSR count). The zero-order valence-electron chi connectivity index (χ0n) is 16.0. The van der Waals surface area contributed by atoms with E-state index in [1.807, 2.05) is 29.2 Å². The molecule has 8 nitrogen and oxygen atoms in total. The Bertz CT molecular complexity index is 863. The fraction of sp³-hybridized carbons (Fsp3) is 0.350. The molecule has 1 saturated heterocycles. The van der Waals surface area contributed by atoms with E-state index >= 15 is 0 Å². The van der Waals surface area contributed by atoms with E-state index in [4.69, 9.17) is 4.74 Å². The highest BCUT2D eigenvalue weighted by atomic mass is 16.5. The van der Waals surface area contributed by atoms with Gasteiger partial charge in [0.1, 0.15) is 17.1 Å². The molecule has 2 heterocycles. The lowest BCUT2D eigenvalue weighted by molar-refractivity contribution is -0.115. The summed E-state index contributed by atoms with van der Waals surface area (Å²) >= 11 is 0. The van der Waals surface area contributed by atoms with Gasteiger partial charge in [-0.2, -0.15) is 0 Å². The van der Waals surface area contributed by atoms with Crippen LogP contribution >= 0.6 is 0 Å². The number of para-hydroxylation sites is 2. The molecule has 1 aliphatic heterocycles. The van der Waals surface area contributed by atoms with Crippen LogP contribution in [0, 0.1) is 0 Å². The first-order valence-corrected chi connectivity index (χ1v) is 9.19. The zero-order valence-corrected chi connectivity index (χ0v) is 16.0. The van der Waals surface area contributed by atoms with Gasteiger partial charge in [0.05, 0.1) is 24.7 Å². The van der Waals surface area contributed by atoms with Gasteiger partial charge in [0, 0.05) is 32.6 Å². The van der Waals surface area contributed by atoms with E-state index < -0.39 is 5.97 Å². The number of methoxy groups -OCH3 is 1. The van der Waals surface area contributed by atoms with Crippen LogP contribution in [0.1, 0.15) is 23.7 Å². The number of amides is 1. The van der Waals surface area contributed by atoms with E-state index in [0.717, 1.165) is 24.5 Å². The minimum atomic E-state index is -1.07. The van der Waals surface area contributed by atoms with Gasteiger partial charge < -0.3 is 25.0 Å². The molecule has 0 saturated carbocycles. The van der Waals surface area contributed by atoms with Gasteiger partial charge in [-0.15, -0.1) is 0 Å². The first-order valence-electron chi connectivity index (χ1n) is 9.19. The molecule has 1 fully saturated rings. The molecule has 1 aromatic heterocycles. The first-order chi connectivity index (χ1) is 13.5. The Balaban J connectivity index is 1.76. The summed E-state index contributed by atoms with van der Waals surface area (Å²) in [6.07, 6.45) is 1.82. The number of hydrogen-bond acceptors (Lipinski definition) is 6. The average Bonchev–Trinajstić information content (AvgIpc) is 2.73. The fourth-order valence-corrected chi connectivity index (χ4v) is 3.23. The normalized spacial score (nSPS) is 13.9. The predicted octanol–water partition coefficient (Wildman–Crippen LogP) is 2.46. The number of aromatic carboxylic acids is 1. The standard InChI is InChI=1S/C20H24N4O4/c1-3-18(25)22-14-12-15(20(26)27)19(21-13-14)24-10-8-23(9-11-24)16-6-4-5-7-17(16)28-2/h4-7,12-13H,3,8-11H2,1-2H3,(H,22,25)(H,26,27). The second-order valence-electron chi connectivity index (χ2n) is 6.45. The highest BCUT2D eigenvalue weighted by Gasteiger charge is 2.24. The van der Waals surface area contributed by atoms with Gasteiger partial charge in [0.2, 0.25) is 5.91 Å². The van der Waals surface area contributed by atoms with Crippen molar-refractivity contribution in [2.45, 2.75) is 13.3 Å². The van der Waals surface area contributed by atoms with E-state index in [2.05, 4.69) is 15.2 Å². The van der Waals surface area contributed by atoms with Crippen molar-refractivity contribution in [2.24, 2.45) is 0 Å². The molecular formula is C20H24N4O4. The van der Waals surface area contributed by atoms with Crippen molar-refractivity contribution in [3.05, 3.63) is 42.1 Å². The fourth-order valence-electron chi connectivity index (χ4n) is 3.23. The summed E-state index contributed by atoms with van der Waals surface area (Å²) in [6.45, 7) is 4.43. The molecule has 8 heteroatoms. The number of piperazine rings is 1. The number of anilines is 3. The van der Waals surface area contributed by atoms with Crippen molar-refractivity contribution in [1.82, 2.24) is 4.98 Å². The highest BCUT2D eigenvalue weighted by molar-refractivity contribution is 5.97. The SMILES string of the molecule is CCC(=O)Nc1cnc(N2CCN(c3ccccc3OC)CC2)c(C(=O)O)c1. The molecule has 2 aromatic rings. The van der Waals surface area contributed by atoms with Crippen LogP contribution < -0.4 is 19.9 Å². The number of carboxylic acids is 1. The third-order valence-electron chi connectivity index (χ3n) is 4.71. The van der Waals surface area contributed by atoms with Gasteiger partial charge in [-0.05, 0) is 18.2 Å². The molecule has 2 N–H and O–H groups in total. The van der Waals surface area contributed by atoms with Crippen molar-refractivity contribution in [2.75, 3.05) is 48.4 Å². The molecular weight excluding hydrogens is 360 g/mol. The average molecular weight is 384 g/mol. The molecule has 0 atom stereocenters. The van der Waals surface area contributed by atoms with Crippen molar-refractivity contribution in [3.8, 4) is 5.75 Å². The maximum absolute atomic E-state index is 11.7. The number of nitrogens with zero attached hydrogens (tertiary/aromatic N) is 3. The molecule has 148 valence electrons. The minimum absolute atomic E-state index is 0.0830. The summed E-state index contributed by atoms with van der Waals surface area (Å²) < 4.78 is 5.43. The number of carbonyl (C=O) groups excluding carboxylic acids is 1. The molecule has 0 bridgehead atoms.